The fourth-order valence-corrected chi connectivity index (χ4v) is 4.40. The van der Waals surface area contributed by atoms with Crippen molar-refractivity contribution < 1.29 is 13.2 Å². The maximum Gasteiger partial charge on any atom is 0.268 e. The summed E-state index contributed by atoms with van der Waals surface area (Å²) >= 11 is 6.04. The standard InChI is InChI=1S/C14H13ClN2O3S/c15-10-4-3-5-11(16)14(10)21(18,19)17-8-9-20-13-7-2-1-6-12(13)17/h1-7H,8-9,16H2. The number of anilines is 2. The minimum Gasteiger partial charge on any atom is -0.489 e. The Hall–Kier alpha value is -1.92. The highest BCUT2D eigenvalue weighted by molar-refractivity contribution is 7.93. The summed E-state index contributed by atoms with van der Waals surface area (Å²) in [6.45, 7) is 0.491. The molecule has 7 heteroatoms. The zero-order valence-electron chi connectivity index (χ0n) is 11.0. The van der Waals surface area contributed by atoms with E-state index in [2.05, 4.69) is 0 Å². The van der Waals surface area contributed by atoms with Crippen LogP contribution in [0.4, 0.5) is 11.4 Å². The molecule has 0 amide bonds. The lowest BCUT2D eigenvalue weighted by atomic mass is 10.2. The Bertz CT molecular complexity index is 772. The van der Waals surface area contributed by atoms with Gasteiger partial charge in [0, 0.05) is 0 Å². The van der Waals surface area contributed by atoms with Gasteiger partial charge in [0.2, 0.25) is 0 Å². The average molecular weight is 325 g/mol. The average Bonchev–Trinajstić information content (AvgIpc) is 2.46. The molecule has 1 aliphatic rings. The Morgan fingerprint density at radius 1 is 1.14 bits per heavy atom. The molecule has 3 rings (SSSR count). The van der Waals surface area contributed by atoms with Crippen molar-refractivity contribution in [1.82, 2.24) is 0 Å². The summed E-state index contributed by atoms with van der Waals surface area (Å²) in [5.74, 6) is 0.526. The number of rotatable bonds is 2. The summed E-state index contributed by atoms with van der Waals surface area (Å²) in [6.07, 6.45) is 0. The minimum atomic E-state index is -3.84. The van der Waals surface area contributed by atoms with Crippen LogP contribution in [0, 0.1) is 0 Å². The number of ether oxygens (including phenoxy) is 1. The van der Waals surface area contributed by atoms with E-state index in [0.29, 0.717) is 11.4 Å². The summed E-state index contributed by atoms with van der Waals surface area (Å²) in [5.41, 5.74) is 6.43. The Kier molecular flexibility index (Phi) is 3.43. The molecule has 0 unspecified atom stereocenters. The van der Waals surface area contributed by atoms with Crippen molar-refractivity contribution in [2.45, 2.75) is 4.90 Å². The first-order chi connectivity index (χ1) is 10.0. The van der Waals surface area contributed by atoms with Crippen molar-refractivity contribution in [2.24, 2.45) is 0 Å². The number of fused-ring (bicyclic) bond motifs is 1. The van der Waals surface area contributed by atoms with Gasteiger partial charge < -0.3 is 10.5 Å². The van der Waals surface area contributed by atoms with Gasteiger partial charge in [-0.05, 0) is 24.3 Å². The van der Waals surface area contributed by atoms with Gasteiger partial charge in [-0.3, -0.25) is 4.31 Å². The largest absolute Gasteiger partial charge is 0.489 e. The Labute approximate surface area is 127 Å². The highest BCUT2D eigenvalue weighted by Crippen LogP contribution is 2.38. The molecule has 0 radical (unpaired) electrons. The first-order valence-corrected chi connectivity index (χ1v) is 8.12. The predicted octanol–water partition coefficient (Wildman–Crippen LogP) is 2.51. The first kappa shape index (κ1) is 14.0. The molecule has 2 N–H and O–H groups in total. The lowest BCUT2D eigenvalue weighted by molar-refractivity contribution is 0.316. The molecule has 0 saturated carbocycles. The molecule has 110 valence electrons. The fraction of sp³-hybridized carbons (Fsp3) is 0.143. The van der Waals surface area contributed by atoms with Crippen molar-refractivity contribution in [1.29, 1.82) is 0 Å². The topological polar surface area (TPSA) is 72.6 Å². The molecule has 2 aromatic carbocycles. The Morgan fingerprint density at radius 3 is 2.67 bits per heavy atom. The van der Waals surface area contributed by atoms with E-state index < -0.39 is 10.0 Å². The monoisotopic (exact) mass is 324 g/mol. The van der Waals surface area contributed by atoms with E-state index in [9.17, 15) is 8.42 Å². The second kappa shape index (κ2) is 5.13. The van der Waals surface area contributed by atoms with Crippen LogP contribution in [-0.2, 0) is 10.0 Å². The summed E-state index contributed by atoms with van der Waals surface area (Å²) < 4.78 is 32.6. The SMILES string of the molecule is Nc1cccc(Cl)c1S(=O)(=O)N1CCOc2ccccc21. The second-order valence-corrected chi connectivity index (χ2v) is 6.76. The highest BCUT2D eigenvalue weighted by atomic mass is 35.5. The molecule has 0 atom stereocenters. The Morgan fingerprint density at radius 2 is 1.90 bits per heavy atom. The molecule has 0 fully saturated rings. The lowest BCUT2D eigenvalue weighted by Gasteiger charge is -2.30. The molecule has 0 spiro atoms. The van der Waals surface area contributed by atoms with E-state index in [1.807, 2.05) is 0 Å². The van der Waals surface area contributed by atoms with Gasteiger partial charge in [-0.2, -0.15) is 0 Å². The number of benzene rings is 2. The van der Waals surface area contributed by atoms with E-state index in [-0.39, 0.29) is 28.8 Å². The van der Waals surface area contributed by atoms with Crippen molar-refractivity contribution in [3.63, 3.8) is 0 Å². The number of para-hydroxylation sites is 2. The lowest BCUT2D eigenvalue weighted by Crippen LogP contribution is -2.38. The minimum absolute atomic E-state index is 0.0663. The van der Waals surface area contributed by atoms with Gasteiger partial charge in [-0.15, -0.1) is 0 Å². The molecule has 1 heterocycles. The zero-order chi connectivity index (χ0) is 15.0. The molecule has 21 heavy (non-hydrogen) atoms. The van der Waals surface area contributed by atoms with Crippen LogP contribution in [0.2, 0.25) is 5.02 Å². The van der Waals surface area contributed by atoms with Gasteiger partial charge in [0.25, 0.3) is 10.0 Å². The van der Waals surface area contributed by atoms with Crippen LogP contribution in [0.3, 0.4) is 0 Å². The maximum absolute atomic E-state index is 12.9. The predicted molar refractivity (Wildman–Crippen MR) is 82.3 cm³/mol. The number of sulfonamides is 1. The van der Waals surface area contributed by atoms with Gasteiger partial charge >= 0.3 is 0 Å². The van der Waals surface area contributed by atoms with Gasteiger partial charge in [0.1, 0.15) is 17.3 Å². The maximum atomic E-state index is 12.9. The first-order valence-electron chi connectivity index (χ1n) is 6.30. The van der Waals surface area contributed by atoms with E-state index >= 15 is 0 Å². The van der Waals surface area contributed by atoms with E-state index in [0.717, 1.165) is 0 Å². The van der Waals surface area contributed by atoms with Gasteiger partial charge in [0.05, 0.1) is 22.9 Å². The van der Waals surface area contributed by atoms with E-state index in [1.165, 1.54) is 16.4 Å². The molecular weight excluding hydrogens is 312 g/mol. The molecule has 2 aromatic rings. The van der Waals surface area contributed by atoms with Crippen LogP contribution >= 0.6 is 11.6 Å². The van der Waals surface area contributed by atoms with Crippen LogP contribution in [-0.4, -0.2) is 21.6 Å². The second-order valence-electron chi connectivity index (χ2n) is 4.55. The van der Waals surface area contributed by atoms with Crippen LogP contribution in [0.15, 0.2) is 47.4 Å². The van der Waals surface area contributed by atoms with Crippen molar-refractivity contribution in [3.8, 4) is 5.75 Å². The third-order valence-corrected chi connectivity index (χ3v) is 5.59. The molecular formula is C14H13ClN2O3S. The summed E-state index contributed by atoms with van der Waals surface area (Å²) in [7, 11) is -3.84. The number of nitrogens with zero attached hydrogens (tertiary/aromatic N) is 1. The van der Waals surface area contributed by atoms with Crippen molar-refractivity contribution >= 4 is 33.0 Å². The van der Waals surface area contributed by atoms with Gasteiger partial charge in [-0.25, -0.2) is 8.42 Å². The van der Waals surface area contributed by atoms with Crippen LogP contribution in [0.25, 0.3) is 0 Å². The molecule has 1 aliphatic heterocycles. The van der Waals surface area contributed by atoms with E-state index in [1.54, 1.807) is 30.3 Å². The molecule has 0 saturated heterocycles. The van der Waals surface area contributed by atoms with Crippen molar-refractivity contribution in [2.75, 3.05) is 23.2 Å². The number of nitrogen functional groups attached to an aromatic ring is 1. The molecule has 5 nitrogen and oxygen atoms in total. The molecule has 0 bridgehead atoms. The van der Waals surface area contributed by atoms with Crippen molar-refractivity contribution in [3.05, 3.63) is 47.5 Å². The molecule has 0 aliphatic carbocycles. The third-order valence-electron chi connectivity index (χ3n) is 3.23. The number of hydrogen-bond acceptors (Lipinski definition) is 4. The zero-order valence-corrected chi connectivity index (χ0v) is 12.6. The fourth-order valence-electron chi connectivity index (χ4n) is 2.30. The number of nitrogens with two attached hydrogens (primary N) is 1. The third kappa shape index (κ3) is 2.30. The van der Waals surface area contributed by atoms with Crippen LogP contribution < -0.4 is 14.8 Å². The summed E-state index contributed by atoms with van der Waals surface area (Å²) in [4.78, 5) is -0.0663. The summed E-state index contributed by atoms with van der Waals surface area (Å²) in [6, 6.07) is 11.6. The number of hydrogen-bond donors (Lipinski definition) is 1. The molecule has 0 aromatic heterocycles. The van der Waals surface area contributed by atoms with Crippen LogP contribution in [0.5, 0.6) is 5.75 Å². The number of halogens is 1. The Balaban J connectivity index is 2.17. The quantitative estimate of drug-likeness (QED) is 0.861. The van der Waals surface area contributed by atoms with Gasteiger partial charge in [0.15, 0.2) is 0 Å². The normalized spacial score (nSPS) is 14.4. The van der Waals surface area contributed by atoms with Crippen LogP contribution in [0.1, 0.15) is 0 Å². The van der Waals surface area contributed by atoms with Gasteiger partial charge in [-0.1, -0.05) is 29.8 Å². The van der Waals surface area contributed by atoms with E-state index in [4.69, 9.17) is 22.1 Å². The highest BCUT2D eigenvalue weighted by Gasteiger charge is 2.32. The smallest absolute Gasteiger partial charge is 0.268 e. The summed E-state index contributed by atoms with van der Waals surface area (Å²) in [5, 5.41) is 0.110.